The van der Waals surface area contributed by atoms with E-state index < -0.39 is 6.10 Å². The van der Waals surface area contributed by atoms with Gasteiger partial charge in [-0.15, -0.1) is 0 Å². The van der Waals surface area contributed by atoms with Gasteiger partial charge in [-0.2, -0.15) is 0 Å². The molecule has 1 saturated heterocycles. The molecule has 2 fully saturated rings. The monoisotopic (exact) mass is 417 g/mol. The summed E-state index contributed by atoms with van der Waals surface area (Å²) in [6.45, 7) is 0.878. The third kappa shape index (κ3) is 4.94. The first-order valence-electron chi connectivity index (χ1n) is 10.7. The quantitative estimate of drug-likeness (QED) is 0.586. The third-order valence-corrected chi connectivity index (χ3v) is 5.94. The van der Waals surface area contributed by atoms with E-state index in [0.717, 1.165) is 23.5 Å². The van der Waals surface area contributed by atoms with Crippen molar-refractivity contribution in [3.05, 3.63) is 23.8 Å². The summed E-state index contributed by atoms with van der Waals surface area (Å²) in [4.78, 5) is 26.2. The lowest BCUT2D eigenvalue weighted by Crippen LogP contribution is -2.47. The van der Waals surface area contributed by atoms with E-state index >= 15 is 0 Å². The fourth-order valence-electron chi connectivity index (χ4n) is 4.31. The van der Waals surface area contributed by atoms with Gasteiger partial charge >= 0.3 is 0 Å². The van der Waals surface area contributed by atoms with Crippen LogP contribution in [0.1, 0.15) is 37.2 Å². The highest BCUT2D eigenvalue weighted by Gasteiger charge is 2.46. The molecule has 8 nitrogen and oxygen atoms in total. The number of amides is 2. The van der Waals surface area contributed by atoms with E-state index in [0.29, 0.717) is 18.9 Å². The Morgan fingerprint density at radius 2 is 2.03 bits per heavy atom. The van der Waals surface area contributed by atoms with Gasteiger partial charge in [-0.25, -0.2) is 0 Å². The van der Waals surface area contributed by atoms with Gasteiger partial charge in [0.25, 0.3) is 0 Å². The Balaban J connectivity index is 1.44. The largest absolute Gasteiger partial charge is 0.487 e. The maximum atomic E-state index is 12.3. The molecule has 1 aliphatic carbocycles. The van der Waals surface area contributed by atoms with Crippen LogP contribution in [0, 0.1) is 5.92 Å². The van der Waals surface area contributed by atoms with Gasteiger partial charge < -0.3 is 30.1 Å². The van der Waals surface area contributed by atoms with E-state index in [2.05, 4.69) is 10.6 Å². The molecule has 1 aromatic carbocycles. The van der Waals surface area contributed by atoms with E-state index in [1.165, 1.54) is 12.8 Å². The second-order valence-electron chi connectivity index (χ2n) is 8.89. The molecular weight excluding hydrogens is 386 g/mol. The molecule has 4 atom stereocenters. The van der Waals surface area contributed by atoms with E-state index in [9.17, 15) is 14.7 Å². The highest BCUT2D eigenvalue weighted by atomic mass is 16.6. The predicted octanol–water partition coefficient (Wildman–Crippen LogP) is 1.10. The fraction of sp³-hybridized carbons (Fsp3) is 0.636. The number of likely N-dealkylation sites (N-methyl/N-ethyl adjacent to an activating group) is 1. The molecule has 3 N–H and O–H groups in total. The molecule has 30 heavy (non-hydrogen) atoms. The van der Waals surface area contributed by atoms with E-state index in [-0.39, 0.29) is 43.0 Å². The van der Waals surface area contributed by atoms with Gasteiger partial charge in [-0.3, -0.25) is 9.59 Å². The summed E-state index contributed by atoms with van der Waals surface area (Å²) in [6, 6.07) is 5.61. The standard InChI is InChI=1S/C22H31N3O5/c1-25(2)11-21(28)24-14-5-6-18-16(7-14)17-8-15(29-19(12-26)22(17)30-18)9-20(27)23-10-13-3-4-13/h5-7,13,15,17,19,22,26H,3-4,8-12H2,1-2H3,(H,23,27)(H,24,28)/t15-,17+,19+,22-/m0/s1. The summed E-state index contributed by atoms with van der Waals surface area (Å²) in [7, 11) is 3.69. The summed E-state index contributed by atoms with van der Waals surface area (Å²) in [5.74, 6) is 1.30. The zero-order chi connectivity index (χ0) is 21.3. The van der Waals surface area contributed by atoms with Crippen LogP contribution in [0.4, 0.5) is 5.69 Å². The number of nitrogens with one attached hydrogen (secondary N) is 2. The molecular formula is C22H31N3O5. The molecule has 8 heteroatoms. The van der Waals surface area contributed by atoms with Crippen LogP contribution < -0.4 is 15.4 Å². The molecule has 2 aliphatic heterocycles. The van der Waals surface area contributed by atoms with Crippen molar-refractivity contribution in [2.45, 2.75) is 49.9 Å². The molecule has 4 rings (SSSR count). The van der Waals surface area contributed by atoms with Gasteiger partial charge in [0.05, 0.1) is 25.7 Å². The van der Waals surface area contributed by atoms with Crippen molar-refractivity contribution in [1.82, 2.24) is 10.2 Å². The van der Waals surface area contributed by atoms with Gasteiger partial charge in [0, 0.05) is 23.7 Å². The van der Waals surface area contributed by atoms with Crippen LogP contribution in [0.2, 0.25) is 0 Å². The normalized spacial score (nSPS) is 27.2. The molecule has 0 unspecified atom stereocenters. The second-order valence-corrected chi connectivity index (χ2v) is 8.89. The lowest BCUT2D eigenvalue weighted by atomic mass is 9.84. The number of ether oxygens (including phenoxy) is 2. The smallest absolute Gasteiger partial charge is 0.238 e. The lowest BCUT2D eigenvalue weighted by molar-refractivity contribution is -0.142. The van der Waals surface area contributed by atoms with Crippen LogP contribution in [-0.2, 0) is 14.3 Å². The first kappa shape index (κ1) is 21.1. The first-order chi connectivity index (χ1) is 14.4. The molecule has 1 aromatic rings. The van der Waals surface area contributed by atoms with Crippen molar-refractivity contribution in [3.63, 3.8) is 0 Å². The van der Waals surface area contributed by atoms with Crippen LogP contribution in [0.5, 0.6) is 5.75 Å². The number of fused-ring (bicyclic) bond motifs is 3. The zero-order valence-electron chi connectivity index (χ0n) is 17.6. The SMILES string of the molecule is CN(C)CC(=O)Nc1ccc2c(c1)[C@H]1C[C@@H](CC(=O)NCC3CC3)O[C@H](CO)[C@H]1O2. The Bertz CT molecular complexity index is 795. The minimum Gasteiger partial charge on any atom is -0.487 e. The molecule has 0 radical (unpaired) electrons. The Labute approximate surface area is 176 Å². The Hall–Kier alpha value is -2.16. The summed E-state index contributed by atoms with van der Waals surface area (Å²) < 4.78 is 12.1. The van der Waals surface area contributed by atoms with Crippen molar-refractivity contribution in [3.8, 4) is 5.75 Å². The van der Waals surface area contributed by atoms with Crippen LogP contribution >= 0.6 is 0 Å². The van der Waals surface area contributed by atoms with Crippen LogP contribution in [-0.4, -0.2) is 73.9 Å². The second kappa shape index (κ2) is 8.91. The minimum absolute atomic E-state index is 0.00845. The topological polar surface area (TPSA) is 100 Å². The fourth-order valence-corrected chi connectivity index (χ4v) is 4.31. The number of benzene rings is 1. The molecule has 0 spiro atoms. The summed E-state index contributed by atoms with van der Waals surface area (Å²) in [5, 5.41) is 15.7. The number of nitrogens with zero attached hydrogens (tertiary/aromatic N) is 1. The number of aliphatic hydroxyl groups excluding tert-OH is 1. The predicted molar refractivity (Wildman–Crippen MR) is 111 cm³/mol. The van der Waals surface area contributed by atoms with Gasteiger partial charge in [0.15, 0.2) is 0 Å². The molecule has 164 valence electrons. The number of anilines is 1. The maximum Gasteiger partial charge on any atom is 0.238 e. The number of hydrogen-bond donors (Lipinski definition) is 3. The highest BCUT2D eigenvalue weighted by molar-refractivity contribution is 5.92. The number of aliphatic hydroxyl groups is 1. The zero-order valence-corrected chi connectivity index (χ0v) is 17.6. The van der Waals surface area contributed by atoms with E-state index in [4.69, 9.17) is 9.47 Å². The first-order valence-corrected chi connectivity index (χ1v) is 10.7. The minimum atomic E-state index is -0.482. The number of hydrogen-bond acceptors (Lipinski definition) is 6. The Morgan fingerprint density at radius 1 is 1.23 bits per heavy atom. The molecule has 0 bridgehead atoms. The third-order valence-electron chi connectivity index (χ3n) is 5.94. The van der Waals surface area contributed by atoms with Crippen molar-refractivity contribution >= 4 is 17.5 Å². The van der Waals surface area contributed by atoms with Gasteiger partial charge in [0.1, 0.15) is 18.0 Å². The van der Waals surface area contributed by atoms with Crippen LogP contribution in [0.25, 0.3) is 0 Å². The molecule has 3 aliphatic rings. The van der Waals surface area contributed by atoms with E-state index in [1.807, 2.05) is 37.2 Å². The number of rotatable bonds is 8. The van der Waals surface area contributed by atoms with Crippen molar-refractivity contribution in [1.29, 1.82) is 0 Å². The van der Waals surface area contributed by atoms with Gasteiger partial charge in [-0.1, -0.05) is 0 Å². The average molecular weight is 418 g/mol. The summed E-state index contributed by atoms with van der Waals surface area (Å²) in [6.07, 6.45) is 2.26. The molecule has 2 heterocycles. The summed E-state index contributed by atoms with van der Waals surface area (Å²) >= 11 is 0. The highest BCUT2D eigenvalue weighted by Crippen LogP contribution is 2.47. The Kier molecular flexibility index (Phi) is 6.26. The summed E-state index contributed by atoms with van der Waals surface area (Å²) in [5.41, 5.74) is 1.71. The van der Waals surface area contributed by atoms with Crippen LogP contribution in [0.3, 0.4) is 0 Å². The molecule has 0 aromatic heterocycles. The van der Waals surface area contributed by atoms with Crippen molar-refractivity contribution in [2.75, 3.05) is 39.1 Å². The van der Waals surface area contributed by atoms with Crippen LogP contribution in [0.15, 0.2) is 18.2 Å². The molecule has 1 saturated carbocycles. The Morgan fingerprint density at radius 3 is 2.73 bits per heavy atom. The van der Waals surface area contributed by atoms with Gasteiger partial charge in [0.2, 0.25) is 11.8 Å². The lowest BCUT2D eigenvalue weighted by Gasteiger charge is -2.37. The maximum absolute atomic E-state index is 12.3. The van der Waals surface area contributed by atoms with Crippen molar-refractivity contribution < 1.29 is 24.2 Å². The van der Waals surface area contributed by atoms with Crippen molar-refractivity contribution in [2.24, 2.45) is 5.92 Å². The molecule has 2 amide bonds. The average Bonchev–Trinajstić information content (AvgIpc) is 3.45. The van der Waals surface area contributed by atoms with E-state index in [1.54, 1.807) is 0 Å². The number of carbonyl (C=O) groups excluding carboxylic acids is 2. The van der Waals surface area contributed by atoms with Gasteiger partial charge in [-0.05, 0) is 57.5 Å². The number of carbonyl (C=O) groups is 2.